The predicted molar refractivity (Wildman–Crippen MR) is 71.2 cm³/mol. The number of amidine groups is 1. The molecule has 0 amide bonds. The molecule has 0 bridgehead atoms. The van der Waals surface area contributed by atoms with Gasteiger partial charge in [0.05, 0.1) is 12.2 Å². The first-order chi connectivity index (χ1) is 8.60. The number of hydrogen-bond donors (Lipinski definition) is 2. The smallest absolute Gasteiger partial charge is 0.170 e. The van der Waals surface area contributed by atoms with Gasteiger partial charge in [-0.1, -0.05) is 5.16 Å². The summed E-state index contributed by atoms with van der Waals surface area (Å²) in [6.45, 7) is 5.92. The minimum Gasteiger partial charge on any atom is -0.409 e. The first-order valence-corrected chi connectivity index (χ1v) is 6.08. The van der Waals surface area contributed by atoms with Crippen molar-refractivity contribution in [3.05, 3.63) is 29.8 Å². The largest absolute Gasteiger partial charge is 0.409 e. The third kappa shape index (κ3) is 2.73. The number of benzene rings is 1. The molecule has 18 heavy (non-hydrogen) atoms. The van der Waals surface area contributed by atoms with Crippen molar-refractivity contribution in [1.82, 2.24) is 0 Å². The van der Waals surface area contributed by atoms with E-state index in [4.69, 9.17) is 15.7 Å². The number of hydrogen-bond acceptors (Lipinski definition) is 4. The van der Waals surface area contributed by atoms with Crippen molar-refractivity contribution in [3.8, 4) is 0 Å². The average molecular weight is 249 g/mol. The van der Waals surface area contributed by atoms with Gasteiger partial charge < -0.3 is 20.6 Å². The van der Waals surface area contributed by atoms with Crippen LogP contribution in [0.25, 0.3) is 0 Å². The first kappa shape index (κ1) is 12.7. The third-order valence-electron chi connectivity index (χ3n) is 3.06. The fourth-order valence-electron chi connectivity index (χ4n) is 2.29. The molecule has 3 N–H and O–H groups in total. The van der Waals surface area contributed by atoms with Gasteiger partial charge in [0.1, 0.15) is 0 Å². The van der Waals surface area contributed by atoms with Gasteiger partial charge in [0, 0.05) is 24.3 Å². The highest BCUT2D eigenvalue weighted by Crippen LogP contribution is 2.20. The van der Waals surface area contributed by atoms with Gasteiger partial charge in [-0.25, -0.2) is 0 Å². The van der Waals surface area contributed by atoms with Gasteiger partial charge in [0.25, 0.3) is 0 Å². The molecule has 1 aliphatic heterocycles. The second kappa shape index (κ2) is 5.27. The molecule has 98 valence electrons. The fraction of sp³-hybridized carbons (Fsp3) is 0.462. The highest BCUT2D eigenvalue weighted by Gasteiger charge is 2.22. The Hall–Kier alpha value is -1.75. The van der Waals surface area contributed by atoms with Crippen LogP contribution in [0.2, 0.25) is 0 Å². The Bertz CT molecular complexity index is 420. The Kier molecular flexibility index (Phi) is 3.72. The number of morpholine rings is 1. The number of anilines is 1. The van der Waals surface area contributed by atoms with Crippen LogP contribution in [0.1, 0.15) is 19.4 Å². The van der Waals surface area contributed by atoms with E-state index < -0.39 is 0 Å². The maximum Gasteiger partial charge on any atom is 0.170 e. The Morgan fingerprint density at radius 1 is 1.28 bits per heavy atom. The monoisotopic (exact) mass is 249 g/mol. The van der Waals surface area contributed by atoms with E-state index in [1.54, 1.807) is 0 Å². The van der Waals surface area contributed by atoms with Crippen LogP contribution >= 0.6 is 0 Å². The van der Waals surface area contributed by atoms with E-state index in [0.29, 0.717) is 0 Å². The van der Waals surface area contributed by atoms with Gasteiger partial charge in [-0.3, -0.25) is 0 Å². The third-order valence-corrected chi connectivity index (χ3v) is 3.06. The molecule has 1 aliphatic rings. The molecule has 0 aromatic heterocycles. The molecule has 0 unspecified atom stereocenters. The normalized spacial score (nSPS) is 25.2. The van der Waals surface area contributed by atoms with Gasteiger partial charge in [-0.15, -0.1) is 0 Å². The predicted octanol–water partition coefficient (Wildman–Crippen LogP) is 1.39. The molecule has 1 heterocycles. The second-order valence-electron chi connectivity index (χ2n) is 4.69. The van der Waals surface area contributed by atoms with E-state index in [9.17, 15) is 0 Å². The minimum absolute atomic E-state index is 0.130. The number of ether oxygens (including phenoxy) is 1. The molecule has 0 aliphatic carbocycles. The van der Waals surface area contributed by atoms with Crippen molar-refractivity contribution in [2.75, 3.05) is 18.0 Å². The van der Waals surface area contributed by atoms with Crippen LogP contribution in [-0.4, -0.2) is 36.3 Å². The van der Waals surface area contributed by atoms with Crippen LogP contribution in [0, 0.1) is 0 Å². The number of rotatable bonds is 2. The van der Waals surface area contributed by atoms with Gasteiger partial charge in [0.2, 0.25) is 0 Å². The maximum atomic E-state index is 8.61. The lowest BCUT2D eigenvalue weighted by molar-refractivity contribution is -0.00521. The lowest BCUT2D eigenvalue weighted by atomic mass is 10.1. The molecule has 2 rings (SSSR count). The molecule has 0 spiro atoms. The maximum absolute atomic E-state index is 8.61. The van der Waals surface area contributed by atoms with E-state index in [0.717, 1.165) is 24.3 Å². The summed E-state index contributed by atoms with van der Waals surface area (Å²) in [5.74, 6) is 0.130. The van der Waals surface area contributed by atoms with Crippen LogP contribution < -0.4 is 10.6 Å². The fourth-order valence-corrected chi connectivity index (χ4v) is 2.29. The minimum atomic E-state index is 0.130. The molecule has 5 heteroatoms. The van der Waals surface area contributed by atoms with Crippen LogP contribution in [0.15, 0.2) is 29.4 Å². The van der Waals surface area contributed by atoms with E-state index in [1.807, 2.05) is 24.3 Å². The van der Waals surface area contributed by atoms with Crippen LogP contribution in [0.4, 0.5) is 5.69 Å². The van der Waals surface area contributed by atoms with E-state index >= 15 is 0 Å². The lowest BCUT2D eigenvalue weighted by Gasteiger charge is -2.36. The standard InChI is InChI=1S/C13H19N3O2/c1-9-7-16(8-10(2)18-9)12-5-3-11(4-6-12)13(14)15-17/h3-6,9-10,17H,7-8H2,1-2H3,(H2,14,15)/t9-,10+. The number of nitrogens with zero attached hydrogens (tertiary/aromatic N) is 2. The second-order valence-corrected chi connectivity index (χ2v) is 4.69. The van der Waals surface area contributed by atoms with Crippen LogP contribution in [0.3, 0.4) is 0 Å². The molecule has 1 aromatic rings. The highest BCUT2D eigenvalue weighted by atomic mass is 16.5. The summed E-state index contributed by atoms with van der Waals surface area (Å²) in [4.78, 5) is 2.29. The molecular weight excluding hydrogens is 230 g/mol. The van der Waals surface area contributed by atoms with Gasteiger partial charge >= 0.3 is 0 Å². The Balaban J connectivity index is 2.14. The molecule has 1 fully saturated rings. The Labute approximate surface area is 107 Å². The van der Waals surface area contributed by atoms with Gasteiger partial charge in [-0.2, -0.15) is 0 Å². The van der Waals surface area contributed by atoms with Crippen molar-refractivity contribution in [2.45, 2.75) is 26.1 Å². The molecule has 1 saturated heterocycles. The molecule has 0 radical (unpaired) electrons. The van der Waals surface area contributed by atoms with Crippen molar-refractivity contribution in [2.24, 2.45) is 10.9 Å². The van der Waals surface area contributed by atoms with Crippen molar-refractivity contribution in [1.29, 1.82) is 0 Å². The Morgan fingerprint density at radius 3 is 2.33 bits per heavy atom. The van der Waals surface area contributed by atoms with Crippen LogP contribution in [-0.2, 0) is 4.74 Å². The van der Waals surface area contributed by atoms with Crippen molar-refractivity contribution in [3.63, 3.8) is 0 Å². The van der Waals surface area contributed by atoms with Crippen molar-refractivity contribution < 1.29 is 9.94 Å². The summed E-state index contributed by atoms with van der Waals surface area (Å²) in [6.07, 6.45) is 0.468. The molecular formula is C13H19N3O2. The zero-order valence-corrected chi connectivity index (χ0v) is 10.7. The zero-order chi connectivity index (χ0) is 13.1. The molecule has 5 nitrogen and oxygen atoms in total. The Morgan fingerprint density at radius 2 is 1.83 bits per heavy atom. The zero-order valence-electron chi connectivity index (χ0n) is 10.7. The quantitative estimate of drug-likeness (QED) is 0.360. The average Bonchev–Trinajstić information content (AvgIpc) is 2.37. The summed E-state index contributed by atoms with van der Waals surface area (Å²) in [5, 5.41) is 11.6. The van der Waals surface area contributed by atoms with E-state index in [2.05, 4.69) is 23.9 Å². The first-order valence-electron chi connectivity index (χ1n) is 6.08. The number of nitrogens with two attached hydrogens (primary N) is 1. The summed E-state index contributed by atoms with van der Waals surface area (Å²) in [5.41, 5.74) is 7.38. The summed E-state index contributed by atoms with van der Waals surface area (Å²) >= 11 is 0. The molecule has 1 aromatic carbocycles. The summed E-state index contributed by atoms with van der Waals surface area (Å²) < 4.78 is 5.70. The summed E-state index contributed by atoms with van der Waals surface area (Å²) in [7, 11) is 0. The highest BCUT2D eigenvalue weighted by molar-refractivity contribution is 5.97. The SMILES string of the molecule is C[C@@H]1CN(c2ccc(/C(N)=N/O)cc2)C[C@H](C)O1. The number of oxime groups is 1. The molecule has 2 atom stereocenters. The van der Waals surface area contributed by atoms with Crippen LogP contribution in [0.5, 0.6) is 0 Å². The van der Waals surface area contributed by atoms with Gasteiger partial charge in [0.15, 0.2) is 5.84 Å². The topological polar surface area (TPSA) is 71.1 Å². The van der Waals surface area contributed by atoms with E-state index in [-0.39, 0.29) is 18.0 Å². The van der Waals surface area contributed by atoms with Crippen molar-refractivity contribution >= 4 is 11.5 Å². The van der Waals surface area contributed by atoms with E-state index in [1.165, 1.54) is 0 Å². The summed E-state index contributed by atoms with van der Waals surface area (Å²) in [6, 6.07) is 7.68. The lowest BCUT2D eigenvalue weighted by Crippen LogP contribution is -2.45. The van der Waals surface area contributed by atoms with Gasteiger partial charge in [-0.05, 0) is 38.1 Å². The molecule has 0 saturated carbocycles.